The molecule has 19 heavy (non-hydrogen) atoms. The van der Waals surface area contributed by atoms with E-state index in [2.05, 4.69) is 5.10 Å². The molecular formula is C14H18ClN3O. The van der Waals surface area contributed by atoms with Gasteiger partial charge in [-0.25, -0.2) is 4.68 Å². The van der Waals surface area contributed by atoms with E-state index in [1.807, 2.05) is 19.1 Å². The molecule has 0 aliphatic heterocycles. The lowest BCUT2D eigenvalue weighted by molar-refractivity contribution is 0.816. The summed E-state index contributed by atoms with van der Waals surface area (Å²) in [5.41, 5.74) is 8.07. The quantitative estimate of drug-likeness (QED) is 0.882. The summed E-state index contributed by atoms with van der Waals surface area (Å²) in [7, 11) is 0. The Kier molecular flexibility index (Phi) is 4.45. The molecule has 1 aromatic carbocycles. The first-order chi connectivity index (χ1) is 9.17. The maximum atomic E-state index is 12.4. The summed E-state index contributed by atoms with van der Waals surface area (Å²) in [5.74, 6) is 0. The second-order valence-electron chi connectivity index (χ2n) is 4.44. The van der Waals surface area contributed by atoms with Gasteiger partial charge in [0.05, 0.1) is 5.69 Å². The van der Waals surface area contributed by atoms with E-state index in [1.54, 1.807) is 16.8 Å². The van der Waals surface area contributed by atoms with Gasteiger partial charge in [-0.15, -0.1) is 0 Å². The summed E-state index contributed by atoms with van der Waals surface area (Å²) in [5, 5.41) is 3.77. The molecule has 0 fully saturated rings. The second-order valence-corrected chi connectivity index (χ2v) is 4.87. The smallest absolute Gasteiger partial charge is 0.274 e. The monoisotopic (exact) mass is 279 g/mol. The molecule has 0 spiro atoms. The van der Waals surface area contributed by atoms with Crippen LogP contribution in [-0.4, -0.2) is 16.3 Å². The Bertz CT molecular complexity index is 615. The maximum Gasteiger partial charge on any atom is 0.274 e. The Balaban J connectivity index is 2.47. The number of hydrogen-bond acceptors (Lipinski definition) is 2. The number of halogens is 1. The number of aromatic amines is 1. The van der Waals surface area contributed by atoms with Crippen LogP contribution in [0.15, 0.2) is 29.1 Å². The number of nitrogens with two attached hydrogens (primary N) is 1. The van der Waals surface area contributed by atoms with Crippen molar-refractivity contribution in [3.63, 3.8) is 0 Å². The van der Waals surface area contributed by atoms with Crippen LogP contribution in [0.3, 0.4) is 0 Å². The zero-order valence-electron chi connectivity index (χ0n) is 10.9. The maximum absolute atomic E-state index is 12.4. The molecule has 0 saturated heterocycles. The largest absolute Gasteiger partial charge is 0.330 e. The van der Waals surface area contributed by atoms with Gasteiger partial charge in [-0.1, -0.05) is 24.6 Å². The van der Waals surface area contributed by atoms with E-state index in [9.17, 15) is 4.79 Å². The Morgan fingerprint density at radius 2 is 2.21 bits per heavy atom. The molecule has 1 aromatic heterocycles. The van der Waals surface area contributed by atoms with Gasteiger partial charge in [-0.2, -0.15) is 0 Å². The van der Waals surface area contributed by atoms with Crippen LogP contribution < -0.4 is 11.3 Å². The summed E-state index contributed by atoms with van der Waals surface area (Å²) >= 11 is 5.97. The second kappa shape index (κ2) is 6.08. The Morgan fingerprint density at radius 1 is 1.42 bits per heavy atom. The normalized spacial score (nSPS) is 10.9. The van der Waals surface area contributed by atoms with Crippen molar-refractivity contribution in [3.8, 4) is 5.69 Å². The first-order valence-electron chi connectivity index (χ1n) is 6.46. The van der Waals surface area contributed by atoms with Crippen LogP contribution in [0.2, 0.25) is 5.02 Å². The van der Waals surface area contributed by atoms with Crippen LogP contribution in [0.4, 0.5) is 0 Å². The molecule has 0 bridgehead atoms. The van der Waals surface area contributed by atoms with Gasteiger partial charge in [0.25, 0.3) is 5.56 Å². The lowest BCUT2D eigenvalue weighted by Gasteiger charge is -2.01. The molecule has 2 aromatic rings. The Hall–Kier alpha value is -1.52. The molecule has 0 aliphatic rings. The average Bonchev–Trinajstić information content (AvgIpc) is 2.73. The van der Waals surface area contributed by atoms with Gasteiger partial charge in [-0.3, -0.25) is 9.89 Å². The Morgan fingerprint density at radius 3 is 2.84 bits per heavy atom. The lowest BCUT2D eigenvalue weighted by Crippen LogP contribution is -2.18. The molecule has 1 heterocycles. The van der Waals surface area contributed by atoms with E-state index in [-0.39, 0.29) is 5.56 Å². The van der Waals surface area contributed by atoms with Crippen molar-refractivity contribution in [2.24, 2.45) is 5.73 Å². The minimum atomic E-state index is -0.00688. The number of rotatable bonds is 5. The molecule has 5 heteroatoms. The number of aryl methyl sites for hydroxylation is 1. The zero-order valence-corrected chi connectivity index (χ0v) is 11.7. The fraction of sp³-hybridized carbons (Fsp3) is 0.357. The van der Waals surface area contributed by atoms with Gasteiger partial charge in [0.1, 0.15) is 0 Å². The third kappa shape index (κ3) is 2.91. The van der Waals surface area contributed by atoms with Crippen molar-refractivity contribution in [3.05, 3.63) is 50.9 Å². The van der Waals surface area contributed by atoms with Crippen molar-refractivity contribution in [1.29, 1.82) is 0 Å². The van der Waals surface area contributed by atoms with Crippen molar-refractivity contribution < 1.29 is 0 Å². The third-order valence-corrected chi connectivity index (χ3v) is 3.36. The van der Waals surface area contributed by atoms with Gasteiger partial charge in [0, 0.05) is 16.3 Å². The number of nitrogens with one attached hydrogen (secondary N) is 1. The van der Waals surface area contributed by atoms with Crippen LogP contribution >= 0.6 is 11.6 Å². The molecule has 3 N–H and O–H groups in total. The summed E-state index contributed by atoms with van der Waals surface area (Å²) in [6.07, 6.45) is 2.32. The van der Waals surface area contributed by atoms with E-state index in [4.69, 9.17) is 17.3 Å². The van der Waals surface area contributed by atoms with E-state index in [1.165, 1.54) is 0 Å². The van der Waals surface area contributed by atoms with E-state index in [0.29, 0.717) is 18.0 Å². The fourth-order valence-electron chi connectivity index (χ4n) is 2.14. The average molecular weight is 280 g/mol. The van der Waals surface area contributed by atoms with Gasteiger partial charge in [-0.05, 0) is 44.0 Å². The molecule has 0 aliphatic carbocycles. The number of aromatic nitrogens is 2. The predicted octanol–water partition coefficient (Wildman–Crippen LogP) is 2.27. The van der Waals surface area contributed by atoms with Crippen LogP contribution in [0.1, 0.15) is 24.6 Å². The molecule has 0 radical (unpaired) electrons. The third-order valence-electron chi connectivity index (χ3n) is 3.12. The molecule has 2 rings (SSSR count). The highest BCUT2D eigenvalue weighted by molar-refractivity contribution is 6.30. The van der Waals surface area contributed by atoms with E-state index in [0.717, 1.165) is 29.8 Å². The topological polar surface area (TPSA) is 63.8 Å². The molecule has 4 nitrogen and oxygen atoms in total. The van der Waals surface area contributed by atoms with Crippen molar-refractivity contribution >= 4 is 11.6 Å². The highest BCUT2D eigenvalue weighted by Crippen LogP contribution is 2.14. The lowest BCUT2D eigenvalue weighted by atomic mass is 10.1. The molecule has 0 atom stereocenters. The number of hydrogen-bond donors (Lipinski definition) is 2. The highest BCUT2D eigenvalue weighted by Gasteiger charge is 2.13. The van der Waals surface area contributed by atoms with Crippen molar-refractivity contribution in [2.75, 3.05) is 6.54 Å². The fourth-order valence-corrected chi connectivity index (χ4v) is 2.33. The summed E-state index contributed by atoms with van der Waals surface area (Å²) in [6, 6.07) is 7.24. The van der Waals surface area contributed by atoms with Crippen molar-refractivity contribution in [2.45, 2.75) is 26.2 Å². The predicted molar refractivity (Wildman–Crippen MR) is 78.2 cm³/mol. The molecule has 0 amide bonds. The number of benzene rings is 1. The number of nitrogens with zero attached hydrogens (tertiary/aromatic N) is 1. The van der Waals surface area contributed by atoms with Gasteiger partial charge >= 0.3 is 0 Å². The van der Waals surface area contributed by atoms with Gasteiger partial charge < -0.3 is 5.73 Å². The number of H-pyrrole nitrogens is 1. The minimum absolute atomic E-state index is 0.00688. The van der Waals surface area contributed by atoms with Crippen molar-refractivity contribution in [1.82, 2.24) is 9.78 Å². The van der Waals surface area contributed by atoms with Crippen LogP contribution in [-0.2, 0) is 12.8 Å². The van der Waals surface area contributed by atoms with Gasteiger partial charge in [0.2, 0.25) is 0 Å². The standard InChI is InChI=1S/C14H18ClN3O/c1-2-13-12(7-4-8-16)14(19)18(17-13)11-6-3-5-10(15)9-11/h3,5-6,9,17H,2,4,7-8,16H2,1H3. The minimum Gasteiger partial charge on any atom is -0.330 e. The zero-order chi connectivity index (χ0) is 13.8. The Labute approximate surface area is 117 Å². The van der Waals surface area contributed by atoms with Crippen LogP contribution in [0.5, 0.6) is 0 Å². The van der Waals surface area contributed by atoms with Crippen LogP contribution in [0.25, 0.3) is 5.69 Å². The molecule has 0 unspecified atom stereocenters. The molecule has 0 saturated carbocycles. The summed E-state index contributed by atoms with van der Waals surface area (Å²) < 4.78 is 1.55. The first-order valence-corrected chi connectivity index (χ1v) is 6.84. The molecule has 102 valence electrons. The molecular weight excluding hydrogens is 262 g/mol. The summed E-state index contributed by atoms with van der Waals surface area (Å²) in [6.45, 7) is 2.62. The first kappa shape index (κ1) is 13.9. The van der Waals surface area contributed by atoms with Gasteiger partial charge in [0.15, 0.2) is 0 Å². The highest BCUT2D eigenvalue weighted by atomic mass is 35.5. The van der Waals surface area contributed by atoms with Crippen LogP contribution in [0, 0.1) is 0 Å². The van der Waals surface area contributed by atoms with E-state index < -0.39 is 0 Å². The van der Waals surface area contributed by atoms with E-state index >= 15 is 0 Å². The summed E-state index contributed by atoms with van der Waals surface area (Å²) in [4.78, 5) is 12.4. The SMILES string of the molecule is CCc1[nH]n(-c2cccc(Cl)c2)c(=O)c1CCCN.